The number of rotatable bonds is 6. The second-order valence-corrected chi connectivity index (χ2v) is 5.46. The van der Waals surface area contributed by atoms with Crippen LogP contribution in [0.1, 0.15) is 46.5 Å². The second-order valence-electron chi connectivity index (χ2n) is 5.46. The second kappa shape index (κ2) is 7.24. The van der Waals surface area contributed by atoms with E-state index in [0.717, 1.165) is 12.2 Å². The molecule has 0 bridgehead atoms. The first kappa shape index (κ1) is 14.8. The molecule has 0 aromatic carbocycles. The van der Waals surface area contributed by atoms with E-state index in [2.05, 4.69) is 30.2 Å². The summed E-state index contributed by atoms with van der Waals surface area (Å²) in [5.74, 6) is 0.641. The summed E-state index contributed by atoms with van der Waals surface area (Å²) in [4.78, 5) is 11.6. The maximum Gasteiger partial charge on any atom is 0.226 e. The van der Waals surface area contributed by atoms with Gasteiger partial charge in [0.2, 0.25) is 5.91 Å². The van der Waals surface area contributed by atoms with E-state index in [1.165, 1.54) is 24.8 Å². The van der Waals surface area contributed by atoms with Gasteiger partial charge < -0.3 is 10.6 Å². The normalized spacial score (nSPS) is 19.3. The van der Waals surface area contributed by atoms with Crippen molar-refractivity contribution in [3.05, 3.63) is 23.9 Å². The van der Waals surface area contributed by atoms with Crippen molar-refractivity contribution in [2.75, 3.05) is 6.54 Å². The molecule has 18 heavy (non-hydrogen) atoms. The minimum absolute atomic E-state index is 0.0402. The molecule has 0 fully saturated rings. The van der Waals surface area contributed by atoms with Gasteiger partial charge in [-0.15, -0.1) is 0 Å². The van der Waals surface area contributed by atoms with Crippen LogP contribution in [0.2, 0.25) is 0 Å². The van der Waals surface area contributed by atoms with Crippen LogP contribution in [-0.4, -0.2) is 18.5 Å². The summed E-state index contributed by atoms with van der Waals surface area (Å²) < 4.78 is 0. The zero-order chi connectivity index (χ0) is 13.5. The van der Waals surface area contributed by atoms with Gasteiger partial charge in [-0.1, -0.05) is 18.2 Å². The molecule has 1 atom stereocenters. The van der Waals surface area contributed by atoms with Gasteiger partial charge in [0.15, 0.2) is 0 Å². The van der Waals surface area contributed by atoms with Crippen molar-refractivity contribution >= 4 is 5.91 Å². The lowest BCUT2D eigenvalue weighted by molar-refractivity contribution is -0.120. The summed E-state index contributed by atoms with van der Waals surface area (Å²) in [5, 5.41) is 6.16. The Morgan fingerprint density at radius 3 is 2.89 bits per heavy atom. The number of carbonyl (C=O) groups excluding carboxylic acids is 1. The number of hydrogen-bond acceptors (Lipinski definition) is 2. The summed E-state index contributed by atoms with van der Waals surface area (Å²) in [5.41, 5.74) is 2.28. The Morgan fingerprint density at radius 1 is 1.56 bits per heavy atom. The molecule has 1 aliphatic rings. The maximum atomic E-state index is 11.6. The van der Waals surface area contributed by atoms with Crippen LogP contribution in [0.5, 0.6) is 0 Å². The van der Waals surface area contributed by atoms with Crippen LogP contribution in [0, 0.1) is 5.92 Å². The molecule has 0 aromatic heterocycles. The number of nitrogens with one attached hydrogen (secondary N) is 2. The average molecular weight is 250 g/mol. The number of carbonyl (C=O) groups is 1. The summed E-state index contributed by atoms with van der Waals surface area (Å²) in [6.07, 6.45) is 6.41. The van der Waals surface area contributed by atoms with Crippen molar-refractivity contribution < 1.29 is 4.79 Å². The van der Waals surface area contributed by atoms with Crippen LogP contribution in [0.4, 0.5) is 0 Å². The molecule has 0 saturated heterocycles. The van der Waals surface area contributed by atoms with Crippen molar-refractivity contribution in [2.45, 2.75) is 52.5 Å². The highest BCUT2D eigenvalue weighted by atomic mass is 16.1. The van der Waals surface area contributed by atoms with Gasteiger partial charge in [0.05, 0.1) is 6.42 Å². The Hall–Kier alpha value is -1.25. The molecule has 0 radical (unpaired) electrons. The molecule has 1 aliphatic carbocycles. The molecule has 1 rings (SSSR count). The van der Waals surface area contributed by atoms with Crippen molar-refractivity contribution in [1.82, 2.24) is 10.6 Å². The molecule has 102 valence electrons. The van der Waals surface area contributed by atoms with Gasteiger partial charge in [-0.3, -0.25) is 4.79 Å². The molecule has 0 aromatic rings. The number of amides is 1. The lowest BCUT2D eigenvalue weighted by Crippen LogP contribution is -2.32. The molecule has 3 heteroatoms. The van der Waals surface area contributed by atoms with Crippen molar-refractivity contribution in [3.63, 3.8) is 0 Å². The molecule has 3 nitrogen and oxygen atoms in total. The standard InChI is InChI=1S/C15H26N2O/c1-11(2)17-15(18)9-13(4)16-10-14-8-6-5-7-12(14)3/h7,11,14,16H,4-6,8-10H2,1-3H3,(H,17,18). The Kier molecular flexibility index (Phi) is 5.96. The smallest absolute Gasteiger partial charge is 0.226 e. The first-order valence-electron chi connectivity index (χ1n) is 6.86. The number of allylic oxidation sites excluding steroid dienone is 1. The van der Waals surface area contributed by atoms with Gasteiger partial charge in [-0.05, 0) is 46.0 Å². The van der Waals surface area contributed by atoms with Gasteiger partial charge >= 0.3 is 0 Å². The van der Waals surface area contributed by atoms with E-state index in [4.69, 9.17) is 0 Å². The van der Waals surface area contributed by atoms with Crippen molar-refractivity contribution in [2.24, 2.45) is 5.92 Å². The van der Waals surface area contributed by atoms with Gasteiger partial charge in [0.25, 0.3) is 0 Å². The molecule has 0 saturated carbocycles. The van der Waals surface area contributed by atoms with Crippen LogP contribution in [-0.2, 0) is 4.79 Å². The van der Waals surface area contributed by atoms with E-state index < -0.39 is 0 Å². The third-order valence-electron chi connectivity index (χ3n) is 3.29. The molecule has 2 N–H and O–H groups in total. The molecule has 0 aliphatic heterocycles. The van der Waals surface area contributed by atoms with Crippen LogP contribution in [0.3, 0.4) is 0 Å². The van der Waals surface area contributed by atoms with Gasteiger partial charge in [0.1, 0.15) is 0 Å². The van der Waals surface area contributed by atoms with Crippen LogP contribution >= 0.6 is 0 Å². The summed E-state index contributed by atoms with van der Waals surface area (Å²) in [6, 6.07) is 0.189. The zero-order valence-electron chi connectivity index (χ0n) is 11.9. The quantitative estimate of drug-likeness (QED) is 0.712. The topological polar surface area (TPSA) is 41.1 Å². The third-order valence-corrected chi connectivity index (χ3v) is 3.29. The van der Waals surface area contributed by atoms with Crippen LogP contribution in [0.15, 0.2) is 23.9 Å². The van der Waals surface area contributed by atoms with E-state index in [-0.39, 0.29) is 11.9 Å². The minimum atomic E-state index is 0.0402. The Bertz CT molecular complexity index is 331. The fourth-order valence-corrected chi connectivity index (χ4v) is 2.25. The van der Waals surface area contributed by atoms with E-state index in [1.54, 1.807) is 0 Å². The van der Waals surface area contributed by atoms with E-state index in [9.17, 15) is 4.79 Å². The lowest BCUT2D eigenvalue weighted by Gasteiger charge is -2.23. The monoisotopic (exact) mass is 250 g/mol. The summed E-state index contributed by atoms with van der Waals surface area (Å²) >= 11 is 0. The highest BCUT2D eigenvalue weighted by Crippen LogP contribution is 2.23. The molecular formula is C15H26N2O. The number of hydrogen-bond donors (Lipinski definition) is 2. The van der Waals surface area contributed by atoms with Gasteiger partial charge in [-0.25, -0.2) is 0 Å². The minimum Gasteiger partial charge on any atom is -0.388 e. The molecule has 0 spiro atoms. The SMILES string of the molecule is C=C(CC(=O)NC(C)C)NCC1CCCC=C1C. The van der Waals surface area contributed by atoms with E-state index in [1.807, 2.05) is 13.8 Å². The van der Waals surface area contributed by atoms with Gasteiger partial charge in [0, 0.05) is 18.3 Å². The Morgan fingerprint density at radius 2 is 2.28 bits per heavy atom. The molecule has 0 heterocycles. The predicted molar refractivity (Wildman–Crippen MR) is 76.1 cm³/mol. The van der Waals surface area contributed by atoms with Crippen LogP contribution < -0.4 is 10.6 Å². The van der Waals surface area contributed by atoms with Crippen molar-refractivity contribution in [1.29, 1.82) is 0 Å². The largest absolute Gasteiger partial charge is 0.388 e. The first-order chi connectivity index (χ1) is 8.49. The Balaban J connectivity index is 2.26. The van der Waals surface area contributed by atoms with E-state index in [0.29, 0.717) is 12.3 Å². The molecule has 1 amide bonds. The predicted octanol–water partition coefficient (Wildman–Crippen LogP) is 2.75. The summed E-state index contributed by atoms with van der Waals surface area (Å²) in [6.45, 7) is 10.9. The van der Waals surface area contributed by atoms with Crippen molar-refractivity contribution in [3.8, 4) is 0 Å². The fraction of sp³-hybridized carbons (Fsp3) is 0.667. The first-order valence-corrected chi connectivity index (χ1v) is 6.86. The molecular weight excluding hydrogens is 224 g/mol. The molecule has 1 unspecified atom stereocenters. The highest BCUT2D eigenvalue weighted by Gasteiger charge is 2.14. The third kappa shape index (κ3) is 5.39. The summed E-state index contributed by atoms with van der Waals surface area (Å²) in [7, 11) is 0. The van der Waals surface area contributed by atoms with E-state index >= 15 is 0 Å². The lowest BCUT2D eigenvalue weighted by atomic mass is 9.88. The zero-order valence-corrected chi connectivity index (χ0v) is 11.9. The van der Waals surface area contributed by atoms with Gasteiger partial charge in [-0.2, -0.15) is 0 Å². The fourth-order valence-electron chi connectivity index (χ4n) is 2.25. The maximum absolute atomic E-state index is 11.6. The average Bonchev–Trinajstić information content (AvgIpc) is 2.26. The Labute approximate surface area is 111 Å². The highest BCUT2D eigenvalue weighted by molar-refractivity contribution is 5.78. The van der Waals surface area contributed by atoms with Crippen LogP contribution in [0.25, 0.3) is 0 Å².